The van der Waals surface area contributed by atoms with Crippen molar-refractivity contribution in [3.63, 3.8) is 0 Å². The van der Waals surface area contributed by atoms with Gasteiger partial charge in [-0.25, -0.2) is 4.98 Å². The number of oxazole rings is 1. The lowest BCUT2D eigenvalue weighted by molar-refractivity contribution is 0.259. The van der Waals surface area contributed by atoms with Gasteiger partial charge in [-0.1, -0.05) is 6.07 Å². The zero-order valence-corrected chi connectivity index (χ0v) is 15.4. The molecule has 1 saturated heterocycles. The summed E-state index contributed by atoms with van der Waals surface area (Å²) in [7, 11) is 2.11. The van der Waals surface area contributed by atoms with Gasteiger partial charge in [-0.2, -0.15) is 10.2 Å². The van der Waals surface area contributed by atoms with Crippen LogP contribution in [0, 0.1) is 18.3 Å². The van der Waals surface area contributed by atoms with Crippen LogP contribution in [0.15, 0.2) is 28.7 Å². The predicted molar refractivity (Wildman–Crippen MR) is 102 cm³/mol. The molecule has 1 fully saturated rings. The molecule has 0 aliphatic carbocycles. The molecule has 2 N–H and O–H groups in total. The highest BCUT2D eigenvalue weighted by atomic mass is 16.4. The second kappa shape index (κ2) is 6.89. The van der Waals surface area contributed by atoms with E-state index in [-0.39, 0.29) is 11.3 Å². The molecule has 0 spiro atoms. The number of phenols is 1. The summed E-state index contributed by atoms with van der Waals surface area (Å²) in [6, 6.07) is 9.73. The first-order valence-electron chi connectivity index (χ1n) is 9.01. The van der Waals surface area contributed by atoms with Gasteiger partial charge in [0.05, 0.1) is 11.3 Å². The van der Waals surface area contributed by atoms with Crippen LogP contribution in [0.3, 0.4) is 0 Å². The van der Waals surface area contributed by atoms with Gasteiger partial charge in [0, 0.05) is 18.2 Å². The third kappa shape index (κ3) is 3.32. The van der Waals surface area contributed by atoms with Crippen molar-refractivity contribution in [3.05, 3.63) is 35.4 Å². The zero-order valence-electron chi connectivity index (χ0n) is 15.4. The van der Waals surface area contributed by atoms with Gasteiger partial charge in [0.15, 0.2) is 5.58 Å². The first-order chi connectivity index (χ1) is 13.0. The molecule has 3 heterocycles. The number of aromatic hydroxyl groups is 1. The molecule has 1 atom stereocenters. The number of pyridine rings is 1. The Hall–Kier alpha value is -3.11. The molecule has 2 aromatic heterocycles. The molecular weight excluding hydrogens is 342 g/mol. The number of nitriles is 1. The van der Waals surface area contributed by atoms with Crippen LogP contribution in [0.4, 0.5) is 6.01 Å². The molecule has 4 rings (SSSR count). The number of anilines is 1. The van der Waals surface area contributed by atoms with Crippen molar-refractivity contribution >= 4 is 17.2 Å². The lowest BCUT2D eigenvalue weighted by atomic mass is 10.0. The lowest BCUT2D eigenvalue weighted by Gasteiger charge is -2.29. The molecule has 3 aromatic rings. The normalized spacial score (nSPS) is 17.7. The fourth-order valence-corrected chi connectivity index (χ4v) is 3.58. The Morgan fingerprint density at radius 1 is 1.30 bits per heavy atom. The Morgan fingerprint density at radius 2 is 2.15 bits per heavy atom. The smallest absolute Gasteiger partial charge is 0.297 e. The summed E-state index contributed by atoms with van der Waals surface area (Å²) in [6.45, 7) is 3.93. The summed E-state index contributed by atoms with van der Waals surface area (Å²) in [5.74, 6) is -0.0589. The highest BCUT2D eigenvalue weighted by molar-refractivity contribution is 5.79. The number of fused-ring (bicyclic) bond motifs is 1. The van der Waals surface area contributed by atoms with Crippen molar-refractivity contribution in [2.24, 2.45) is 0 Å². The Morgan fingerprint density at radius 3 is 2.93 bits per heavy atom. The van der Waals surface area contributed by atoms with E-state index in [9.17, 15) is 5.11 Å². The van der Waals surface area contributed by atoms with Crippen LogP contribution in [-0.2, 0) is 0 Å². The van der Waals surface area contributed by atoms with Gasteiger partial charge in [-0.3, -0.25) is 0 Å². The molecule has 1 aromatic carbocycles. The number of aromatic nitrogens is 2. The highest BCUT2D eigenvalue weighted by Crippen LogP contribution is 2.35. The monoisotopic (exact) mass is 363 g/mol. The van der Waals surface area contributed by atoms with Crippen molar-refractivity contribution in [1.29, 1.82) is 5.26 Å². The standard InChI is InChI=1S/C20H21N5O2/c1-12-5-6-13(10-21)18(26)17(12)15-7-8-16-19(23-15)24-20(27-16)22-14-4-3-9-25(2)11-14/h5-8,14,26H,3-4,9,11H2,1-2H3,(H,22,23,24)/t14-/m1/s1. The molecular formula is C20H21N5O2. The van der Waals surface area contributed by atoms with Crippen LogP contribution < -0.4 is 5.32 Å². The van der Waals surface area contributed by atoms with E-state index in [4.69, 9.17) is 9.68 Å². The molecule has 27 heavy (non-hydrogen) atoms. The molecule has 1 aliphatic rings. The third-order valence-corrected chi connectivity index (χ3v) is 4.97. The van der Waals surface area contributed by atoms with Crippen LogP contribution in [0.25, 0.3) is 22.5 Å². The predicted octanol–water partition coefficient (Wildman–Crippen LogP) is 3.28. The maximum absolute atomic E-state index is 10.4. The Bertz CT molecular complexity index is 1040. The van der Waals surface area contributed by atoms with E-state index in [1.54, 1.807) is 24.3 Å². The summed E-state index contributed by atoms with van der Waals surface area (Å²) in [5, 5.41) is 22.9. The third-order valence-electron chi connectivity index (χ3n) is 4.97. The maximum Gasteiger partial charge on any atom is 0.297 e. The number of nitrogens with one attached hydrogen (secondary N) is 1. The molecule has 0 amide bonds. The van der Waals surface area contributed by atoms with Crippen LogP contribution in [0.1, 0.15) is 24.0 Å². The fraction of sp³-hybridized carbons (Fsp3) is 0.350. The molecule has 7 nitrogen and oxygen atoms in total. The first-order valence-corrected chi connectivity index (χ1v) is 9.01. The van der Waals surface area contributed by atoms with E-state index in [0.29, 0.717) is 34.5 Å². The van der Waals surface area contributed by atoms with E-state index >= 15 is 0 Å². The SMILES string of the molecule is Cc1ccc(C#N)c(O)c1-c1ccc2oc(N[C@@H]3CCCN(C)C3)nc2n1. The van der Waals surface area contributed by atoms with E-state index in [1.165, 1.54) is 0 Å². The molecule has 0 radical (unpaired) electrons. The molecule has 7 heteroatoms. The Kier molecular flexibility index (Phi) is 4.42. The largest absolute Gasteiger partial charge is 0.506 e. The molecule has 0 bridgehead atoms. The van der Waals surface area contributed by atoms with E-state index < -0.39 is 0 Å². The van der Waals surface area contributed by atoms with E-state index in [1.807, 2.05) is 13.0 Å². The van der Waals surface area contributed by atoms with Crippen molar-refractivity contribution in [2.45, 2.75) is 25.8 Å². The fourth-order valence-electron chi connectivity index (χ4n) is 3.58. The number of hydrogen-bond donors (Lipinski definition) is 2. The average molecular weight is 363 g/mol. The van der Waals surface area contributed by atoms with Crippen molar-refractivity contribution < 1.29 is 9.52 Å². The van der Waals surface area contributed by atoms with Gasteiger partial charge in [0.2, 0.25) is 5.65 Å². The topological polar surface area (TPSA) is 98.2 Å². The Labute approximate surface area is 157 Å². The Balaban J connectivity index is 1.67. The lowest BCUT2D eigenvalue weighted by Crippen LogP contribution is -2.39. The maximum atomic E-state index is 10.4. The van der Waals surface area contributed by atoms with Gasteiger partial charge in [-0.15, -0.1) is 0 Å². The van der Waals surface area contributed by atoms with E-state index in [2.05, 4.69) is 27.2 Å². The van der Waals surface area contributed by atoms with Crippen molar-refractivity contribution in [3.8, 4) is 23.1 Å². The van der Waals surface area contributed by atoms with Crippen LogP contribution in [0.2, 0.25) is 0 Å². The number of nitrogens with zero attached hydrogens (tertiary/aromatic N) is 4. The van der Waals surface area contributed by atoms with Crippen LogP contribution >= 0.6 is 0 Å². The van der Waals surface area contributed by atoms with Gasteiger partial charge in [-0.05, 0) is 57.1 Å². The van der Waals surface area contributed by atoms with Gasteiger partial charge < -0.3 is 19.7 Å². The molecule has 138 valence electrons. The number of piperidine rings is 1. The molecule has 0 unspecified atom stereocenters. The summed E-state index contributed by atoms with van der Waals surface area (Å²) in [5.41, 5.74) is 3.22. The number of hydrogen-bond acceptors (Lipinski definition) is 7. The molecule has 1 aliphatic heterocycles. The number of benzene rings is 1. The zero-order chi connectivity index (χ0) is 19.0. The number of likely N-dealkylation sites (N-methyl/N-ethyl adjacent to an activating group) is 1. The summed E-state index contributed by atoms with van der Waals surface area (Å²) in [4.78, 5) is 11.3. The quantitative estimate of drug-likeness (QED) is 0.737. The van der Waals surface area contributed by atoms with Crippen LogP contribution in [-0.4, -0.2) is 46.2 Å². The number of rotatable bonds is 3. The summed E-state index contributed by atoms with van der Waals surface area (Å²) in [6.07, 6.45) is 2.22. The average Bonchev–Trinajstić information content (AvgIpc) is 3.03. The number of likely N-dealkylation sites (tertiary alicyclic amines) is 1. The summed E-state index contributed by atoms with van der Waals surface area (Å²) >= 11 is 0. The second-order valence-corrected chi connectivity index (χ2v) is 7.05. The minimum atomic E-state index is -0.0589. The minimum absolute atomic E-state index is 0.0589. The number of aryl methyl sites for hydroxylation is 1. The van der Waals surface area contributed by atoms with Gasteiger partial charge in [0.25, 0.3) is 6.01 Å². The van der Waals surface area contributed by atoms with Crippen molar-refractivity contribution in [1.82, 2.24) is 14.9 Å². The minimum Gasteiger partial charge on any atom is -0.506 e. The first kappa shape index (κ1) is 17.3. The van der Waals surface area contributed by atoms with Gasteiger partial charge in [0.1, 0.15) is 11.8 Å². The number of phenolic OH excluding ortho intramolecular Hbond substituents is 1. The molecule has 0 saturated carbocycles. The van der Waals surface area contributed by atoms with Gasteiger partial charge >= 0.3 is 0 Å². The van der Waals surface area contributed by atoms with Crippen molar-refractivity contribution in [2.75, 3.05) is 25.5 Å². The summed E-state index contributed by atoms with van der Waals surface area (Å²) < 4.78 is 5.78. The van der Waals surface area contributed by atoms with Crippen LogP contribution in [0.5, 0.6) is 5.75 Å². The second-order valence-electron chi connectivity index (χ2n) is 7.05. The highest BCUT2D eigenvalue weighted by Gasteiger charge is 2.20. The van der Waals surface area contributed by atoms with E-state index in [0.717, 1.165) is 31.5 Å².